The lowest BCUT2D eigenvalue weighted by molar-refractivity contribution is -0.0508. The maximum absolute atomic E-state index is 12.8. The van der Waals surface area contributed by atoms with E-state index in [-0.39, 0.29) is 12.4 Å². The first-order chi connectivity index (χ1) is 17.7. The number of hydrogen-bond donors (Lipinski definition) is 1. The zero-order valence-corrected chi connectivity index (χ0v) is 19.7. The zero-order valence-electron chi connectivity index (χ0n) is 19.7. The van der Waals surface area contributed by atoms with E-state index in [9.17, 15) is 8.78 Å². The highest BCUT2D eigenvalue weighted by atomic mass is 19.3. The van der Waals surface area contributed by atoms with Gasteiger partial charge in [-0.3, -0.25) is 0 Å². The van der Waals surface area contributed by atoms with Gasteiger partial charge >= 0.3 is 6.61 Å². The summed E-state index contributed by atoms with van der Waals surface area (Å²) >= 11 is 0. The van der Waals surface area contributed by atoms with Gasteiger partial charge in [0.1, 0.15) is 18.1 Å². The van der Waals surface area contributed by atoms with Gasteiger partial charge in [0.2, 0.25) is 0 Å². The standard InChI is InChI=1S/C30H26F2N2O2/c31-30(32)36-29-8-4-3-7-23(29)19-35-24-11-12-27-26(16-24)25-13-14-33-17-28(25)34(27)18-20-9-10-21-5-1-2-6-22(21)15-20/h1-12,15-16,30,33H,13-14,17-19H2. The van der Waals surface area contributed by atoms with Gasteiger partial charge < -0.3 is 19.4 Å². The summed E-state index contributed by atoms with van der Waals surface area (Å²) in [5, 5.41) is 7.18. The normalized spacial score (nSPS) is 13.3. The van der Waals surface area contributed by atoms with Crippen LogP contribution in [0.1, 0.15) is 22.4 Å². The lowest BCUT2D eigenvalue weighted by Crippen LogP contribution is -2.25. The molecule has 4 nitrogen and oxygen atoms in total. The molecule has 0 unspecified atom stereocenters. The Morgan fingerprint density at radius 1 is 0.889 bits per heavy atom. The number of rotatable bonds is 7. The number of ether oxygens (including phenoxy) is 2. The fraction of sp³-hybridized carbons (Fsp3) is 0.200. The third kappa shape index (κ3) is 4.40. The van der Waals surface area contributed by atoms with Gasteiger partial charge in [-0.25, -0.2) is 0 Å². The van der Waals surface area contributed by atoms with Crippen LogP contribution < -0.4 is 14.8 Å². The number of alkyl halides is 2. The van der Waals surface area contributed by atoms with Crippen molar-refractivity contribution in [3.8, 4) is 11.5 Å². The number of para-hydroxylation sites is 1. The van der Waals surface area contributed by atoms with Gasteiger partial charge in [-0.15, -0.1) is 0 Å². The number of nitrogens with zero attached hydrogens (tertiary/aromatic N) is 1. The summed E-state index contributed by atoms with van der Waals surface area (Å²) < 4.78 is 38.6. The van der Waals surface area contributed by atoms with E-state index in [4.69, 9.17) is 4.74 Å². The summed E-state index contributed by atoms with van der Waals surface area (Å²) in [6.45, 7) is -0.171. The zero-order chi connectivity index (χ0) is 24.5. The summed E-state index contributed by atoms with van der Waals surface area (Å²) in [5.41, 5.74) is 5.66. The number of aromatic nitrogens is 1. The number of fused-ring (bicyclic) bond motifs is 4. The van der Waals surface area contributed by atoms with Crippen LogP contribution in [0.3, 0.4) is 0 Å². The van der Waals surface area contributed by atoms with E-state index < -0.39 is 6.61 Å². The van der Waals surface area contributed by atoms with Gasteiger partial charge in [-0.05, 0) is 65.2 Å². The Morgan fingerprint density at radius 3 is 2.61 bits per heavy atom. The molecule has 0 radical (unpaired) electrons. The monoisotopic (exact) mass is 484 g/mol. The lowest BCUT2D eigenvalue weighted by atomic mass is 10.0. The van der Waals surface area contributed by atoms with Crippen LogP contribution in [-0.2, 0) is 26.1 Å². The van der Waals surface area contributed by atoms with Crippen LogP contribution in [0.15, 0.2) is 84.9 Å². The molecule has 0 fully saturated rings. The average Bonchev–Trinajstić information content (AvgIpc) is 3.21. The van der Waals surface area contributed by atoms with Crippen LogP contribution >= 0.6 is 0 Å². The minimum atomic E-state index is -2.87. The number of nitrogens with one attached hydrogen (secondary N) is 1. The first-order valence-corrected chi connectivity index (χ1v) is 12.1. The van der Waals surface area contributed by atoms with Crippen molar-refractivity contribution in [1.82, 2.24) is 9.88 Å². The van der Waals surface area contributed by atoms with Crippen molar-refractivity contribution in [2.24, 2.45) is 0 Å². The Balaban J connectivity index is 1.31. The molecule has 5 aromatic rings. The molecule has 182 valence electrons. The number of halogens is 2. The number of benzene rings is 4. The summed E-state index contributed by atoms with van der Waals surface area (Å²) in [4.78, 5) is 0. The van der Waals surface area contributed by atoms with Crippen molar-refractivity contribution in [2.45, 2.75) is 32.7 Å². The molecule has 0 amide bonds. The summed E-state index contributed by atoms with van der Waals surface area (Å²) in [6, 6.07) is 27.9. The predicted molar refractivity (Wildman–Crippen MR) is 138 cm³/mol. The van der Waals surface area contributed by atoms with E-state index in [0.717, 1.165) is 26.1 Å². The highest BCUT2D eigenvalue weighted by molar-refractivity contribution is 5.88. The lowest BCUT2D eigenvalue weighted by Gasteiger charge is -2.17. The highest BCUT2D eigenvalue weighted by Gasteiger charge is 2.20. The SMILES string of the molecule is FC(F)Oc1ccccc1COc1ccc2c(c1)c1c(n2Cc2ccc3ccccc3c2)CNCC1. The van der Waals surface area contributed by atoms with Crippen LogP contribution in [-0.4, -0.2) is 17.7 Å². The Bertz CT molecular complexity index is 1540. The van der Waals surface area contributed by atoms with Gasteiger partial charge in [0.15, 0.2) is 0 Å². The number of hydrogen-bond acceptors (Lipinski definition) is 3. The second kappa shape index (κ2) is 9.63. The predicted octanol–water partition coefficient (Wildman–Crippen LogP) is 6.67. The first kappa shape index (κ1) is 22.6. The highest BCUT2D eigenvalue weighted by Crippen LogP contribution is 2.33. The Hall–Kier alpha value is -3.90. The Morgan fingerprint density at radius 2 is 1.72 bits per heavy atom. The molecular formula is C30H26F2N2O2. The smallest absolute Gasteiger partial charge is 0.387 e. The average molecular weight is 485 g/mol. The van der Waals surface area contributed by atoms with Gasteiger partial charge in [-0.2, -0.15) is 8.78 Å². The molecule has 1 aliphatic heterocycles. The quantitative estimate of drug-likeness (QED) is 0.280. The molecule has 0 atom stereocenters. The van der Waals surface area contributed by atoms with Crippen LogP contribution in [0.2, 0.25) is 0 Å². The third-order valence-electron chi connectivity index (χ3n) is 6.84. The molecular weight excluding hydrogens is 458 g/mol. The fourth-order valence-corrected chi connectivity index (χ4v) is 5.14. The molecule has 0 bridgehead atoms. The van der Waals surface area contributed by atoms with Crippen LogP contribution in [0.25, 0.3) is 21.7 Å². The molecule has 0 saturated carbocycles. The van der Waals surface area contributed by atoms with Crippen molar-refractivity contribution in [2.75, 3.05) is 6.54 Å². The molecule has 0 aliphatic carbocycles. The van der Waals surface area contributed by atoms with E-state index in [1.165, 1.54) is 44.6 Å². The Labute approximate surface area is 208 Å². The maximum Gasteiger partial charge on any atom is 0.387 e. The van der Waals surface area contributed by atoms with Gasteiger partial charge in [0.05, 0.1) is 0 Å². The van der Waals surface area contributed by atoms with Crippen molar-refractivity contribution in [3.05, 3.63) is 107 Å². The van der Waals surface area contributed by atoms with E-state index in [2.05, 4.69) is 69.2 Å². The molecule has 4 aromatic carbocycles. The van der Waals surface area contributed by atoms with Crippen LogP contribution in [0.5, 0.6) is 11.5 Å². The fourth-order valence-electron chi connectivity index (χ4n) is 5.14. The van der Waals surface area contributed by atoms with Crippen molar-refractivity contribution in [3.63, 3.8) is 0 Å². The first-order valence-electron chi connectivity index (χ1n) is 12.1. The molecule has 6 rings (SSSR count). The molecule has 1 N–H and O–H groups in total. The van der Waals surface area contributed by atoms with E-state index >= 15 is 0 Å². The van der Waals surface area contributed by atoms with Gasteiger partial charge in [0.25, 0.3) is 0 Å². The van der Waals surface area contributed by atoms with Crippen LogP contribution in [0.4, 0.5) is 8.78 Å². The van der Waals surface area contributed by atoms with Crippen molar-refractivity contribution in [1.29, 1.82) is 0 Å². The topological polar surface area (TPSA) is 35.4 Å². The van der Waals surface area contributed by atoms with Gasteiger partial charge in [-0.1, -0.05) is 54.6 Å². The molecule has 0 spiro atoms. The summed E-state index contributed by atoms with van der Waals surface area (Å²) in [5.74, 6) is 0.845. The second-order valence-electron chi connectivity index (χ2n) is 9.07. The van der Waals surface area contributed by atoms with Crippen molar-refractivity contribution >= 4 is 21.7 Å². The van der Waals surface area contributed by atoms with E-state index in [1.54, 1.807) is 18.2 Å². The minimum absolute atomic E-state index is 0.138. The van der Waals surface area contributed by atoms with E-state index in [0.29, 0.717) is 11.3 Å². The molecule has 36 heavy (non-hydrogen) atoms. The molecule has 1 aromatic heterocycles. The largest absolute Gasteiger partial charge is 0.489 e. The molecule has 1 aliphatic rings. The molecule has 2 heterocycles. The van der Waals surface area contributed by atoms with Gasteiger partial charge in [0, 0.05) is 35.2 Å². The third-order valence-corrected chi connectivity index (χ3v) is 6.84. The molecule has 0 saturated heterocycles. The Kier molecular flexibility index (Phi) is 6.03. The van der Waals surface area contributed by atoms with E-state index in [1.807, 2.05) is 6.07 Å². The minimum Gasteiger partial charge on any atom is -0.489 e. The maximum atomic E-state index is 12.8. The van der Waals surface area contributed by atoms with Crippen molar-refractivity contribution < 1.29 is 18.3 Å². The summed E-state index contributed by atoms with van der Waals surface area (Å²) in [7, 11) is 0. The summed E-state index contributed by atoms with van der Waals surface area (Å²) in [6.07, 6.45) is 0.949. The second-order valence-corrected chi connectivity index (χ2v) is 9.07. The van der Waals surface area contributed by atoms with Crippen LogP contribution in [0, 0.1) is 0 Å². The molecule has 6 heteroatoms.